The van der Waals surface area contributed by atoms with Crippen LogP contribution in [0.1, 0.15) is 44.2 Å². The Balaban J connectivity index is 1.67. The number of nitrogens with zero attached hydrogens (tertiary/aromatic N) is 2. The van der Waals surface area contributed by atoms with E-state index in [0.717, 1.165) is 12.5 Å². The van der Waals surface area contributed by atoms with Crippen molar-refractivity contribution in [3.63, 3.8) is 0 Å². The van der Waals surface area contributed by atoms with E-state index >= 15 is 0 Å². The molecule has 0 spiro atoms. The number of piperidine rings is 1. The van der Waals surface area contributed by atoms with Crippen molar-refractivity contribution in [3.05, 3.63) is 29.8 Å². The zero-order valence-corrected chi connectivity index (χ0v) is 13.5. The molecule has 3 nitrogen and oxygen atoms in total. The standard InChI is InChI=1S/C18H29N3/c1-3-18(19-2)15-7-9-16(10-8-15)21-13-12-20-11-5-4-6-17(20)14-21/h7-10,17-19H,3-6,11-14H2,1-2H3. The van der Waals surface area contributed by atoms with Crippen LogP contribution in [0.25, 0.3) is 0 Å². The van der Waals surface area contributed by atoms with Gasteiger partial charge < -0.3 is 10.2 Å². The van der Waals surface area contributed by atoms with Crippen LogP contribution >= 0.6 is 0 Å². The van der Waals surface area contributed by atoms with Crippen LogP contribution in [0.3, 0.4) is 0 Å². The minimum atomic E-state index is 0.481. The van der Waals surface area contributed by atoms with E-state index in [2.05, 4.69) is 46.3 Å². The molecule has 0 aliphatic carbocycles. The SMILES string of the molecule is CCC(NC)c1ccc(N2CCN3CCCCC3C2)cc1. The van der Waals surface area contributed by atoms with Crippen molar-refractivity contribution >= 4 is 5.69 Å². The monoisotopic (exact) mass is 287 g/mol. The Morgan fingerprint density at radius 3 is 2.67 bits per heavy atom. The Bertz CT molecular complexity index is 438. The number of rotatable bonds is 4. The average Bonchev–Trinajstić information content (AvgIpc) is 2.56. The van der Waals surface area contributed by atoms with Gasteiger partial charge in [-0.2, -0.15) is 0 Å². The molecule has 21 heavy (non-hydrogen) atoms. The quantitative estimate of drug-likeness (QED) is 0.918. The van der Waals surface area contributed by atoms with Crippen LogP contribution in [0.15, 0.2) is 24.3 Å². The Morgan fingerprint density at radius 1 is 1.14 bits per heavy atom. The van der Waals surface area contributed by atoms with Crippen LogP contribution in [0, 0.1) is 0 Å². The van der Waals surface area contributed by atoms with Crippen molar-refractivity contribution in [1.29, 1.82) is 0 Å². The Labute approximate surface area is 129 Å². The second-order valence-electron chi connectivity index (χ2n) is 6.47. The number of nitrogens with one attached hydrogen (secondary N) is 1. The first-order valence-electron chi connectivity index (χ1n) is 8.58. The molecule has 0 radical (unpaired) electrons. The minimum absolute atomic E-state index is 0.481. The maximum atomic E-state index is 3.38. The van der Waals surface area contributed by atoms with Gasteiger partial charge in [-0.15, -0.1) is 0 Å². The van der Waals surface area contributed by atoms with Gasteiger partial charge in [-0.3, -0.25) is 4.90 Å². The van der Waals surface area contributed by atoms with E-state index < -0.39 is 0 Å². The maximum Gasteiger partial charge on any atom is 0.0367 e. The third-order valence-corrected chi connectivity index (χ3v) is 5.25. The van der Waals surface area contributed by atoms with E-state index in [9.17, 15) is 0 Å². The lowest BCUT2D eigenvalue weighted by Gasteiger charge is -2.45. The highest BCUT2D eigenvalue weighted by Gasteiger charge is 2.28. The molecule has 0 saturated carbocycles. The predicted octanol–water partition coefficient (Wildman–Crippen LogP) is 3.03. The summed E-state index contributed by atoms with van der Waals surface area (Å²) in [6.07, 6.45) is 5.32. The molecule has 2 fully saturated rings. The zero-order valence-electron chi connectivity index (χ0n) is 13.5. The molecule has 3 rings (SSSR count). The molecule has 2 aliphatic rings. The van der Waals surface area contributed by atoms with E-state index in [1.807, 2.05) is 7.05 Å². The normalized spacial score (nSPS) is 24.7. The predicted molar refractivity (Wildman–Crippen MR) is 90.0 cm³/mol. The zero-order chi connectivity index (χ0) is 14.7. The molecule has 2 heterocycles. The molecule has 1 aromatic rings. The van der Waals surface area contributed by atoms with Crippen molar-refractivity contribution in [1.82, 2.24) is 10.2 Å². The first-order valence-corrected chi connectivity index (χ1v) is 8.58. The van der Waals surface area contributed by atoms with Gasteiger partial charge in [0.05, 0.1) is 0 Å². The smallest absolute Gasteiger partial charge is 0.0367 e. The number of anilines is 1. The third kappa shape index (κ3) is 3.24. The highest BCUT2D eigenvalue weighted by molar-refractivity contribution is 5.48. The van der Waals surface area contributed by atoms with Crippen molar-refractivity contribution in [3.8, 4) is 0 Å². The second kappa shape index (κ2) is 6.80. The van der Waals surface area contributed by atoms with Crippen molar-refractivity contribution in [2.75, 3.05) is 38.1 Å². The summed E-state index contributed by atoms with van der Waals surface area (Å²) in [7, 11) is 2.05. The molecule has 2 aliphatic heterocycles. The molecule has 116 valence electrons. The Morgan fingerprint density at radius 2 is 1.95 bits per heavy atom. The average molecular weight is 287 g/mol. The fourth-order valence-corrected chi connectivity index (χ4v) is 3.91. The lowest BCUT2D eigenvalue weighted by atomic mass is 9.98. The fraction of sp³-hybridized carbons (Fsp3) is 0.667. The van der Waals surface area contributed by atoms with Gasteiger partial charge >= 0.3 is 0 Å². The first-order chi connectivity index (χ1) is 10.3. The van der Waals surface area contributed by atoms with Crippen LogP contribution in [-0.4, -0.2) is 44.2 Å². The summed E-state index contributed by atoms with van der Waals surface area (Å²) in [5.74, 6) is 0. The largest absolute Gasteiger partial charge is 0.369 e. The van der Waals surface area contributed by atoms with Gasteiger partial charge in [-0.1, -0.05) is 25.5 Å². The Hall–Kier alpha value is -1.06. The molecule has 2 unspecified atom stereocenters. The summed E-state index contributed by atoms with van der Waals surface area (Å²) in [5.41, 5.74) is 2.80. The molecular formula is C18H29N3. The molecule has 0 aromatic heterocycles. The molecule has 0 amide bonds. The molecule has 3 heteroatoms. The van der Waals surface area contributed by atoms with E-state index in [0.29, 0.717) is 6.04 Å². The summed E-state index contributed by atoms with van der Waals surface area (Å²) in [6.45, 7) is 7.18. The van der Waals surface area contributed by atoms with Gasteiger partial charge in [0.2, 0.25) is 0 Å². The van der Waals surface area contributed by atoms with Gasteiger partial charge in [-0.05, 0) is 50.6 Å². The van der Waals surface area contributed by atoms with Crippen LogP contribution < -0.4 is 10.2 Å². The fourth-order valence-electron chi connectivity index (χ4n) is 3.91. The number of fused-ring (bicyclic) bond motifs is 1. The summed E-state index contributed by atoms with van der Waals surface area (Å²) in [6, 6.07) is 10.5. The molecule has 2 saturated heterocycles. The molecule has 2 atom stereocenters. The minimum Gasteiger partial charge on any atom is -0.369 e. The molecule has 1 aromatic carbocycles. The van der Waals surface area contributed by atoms with Crippen molar-refractivity contribution in [2.45, 2.75) is 44.7 Å². The number of hydrogen-bond donors (Lipinski definition) is 1. The Kier molecular flexibility index (Phi) is 4.81. The van der Waals surface area contributed by atoms with Gasteiger partial charge in [0.25, 0.3) is 0 Å². The molecule has 1 N–H and O–H groups in total. The van der Waals surface area contributed by atoms with Gasteiger partial charge in [0.15, 0.2) is 0 Å². The number of piperazine rings is 1. The summed E-state index contributed by atoms with van der Waals surface area (Å²) < 4.78 is 0. The third-order valence-electron chi connectivity index (χ3n) is 5.25. The summed E-state index contributed by atoms with van der Waals surface area (Å²) in [5, 5.41) is 3.38. The lowest BCUT2D eigenvalue weighted by Crippen LogP contribution is -2.54. The first kappa shape index (κ1) is 14.9. The van der Waals surface area contributed by atoms with Crippen LogP contribution in [0.5, 0.6) is 0 Å². The summed E-state index contributed by atoms with van der Waals surface area (Å²) >= 11 is 0. The van der Waals surface area contributed by atoms with Crippen LogP contribution in [0.4, 0.5) is 5.69 Å². The van der Waals surface area contributed by atoms with Crippen LogP contribution in [0.2, 0.25) is 0 Å². The molecular weight excluding hydrogens is 258 g/mol. The summed E-state index contributed by atoms with van der Waals surface area (Å²) in [4.78, 5) is 5.28. The van der Waals surface area contributed by atoms with E-state index in [4.69, 9.17) is 0 Å². The van der Waals surface area contributed by atoms with Gasteiger partial charge in [0, 0.05) is 37.4 Å². The van der Waals surface area contributed by atoms with E-state index in [1.54, 1.807) is 0 Å². The van der Waals surface area contributed by atoms with Crippen LogP contribution in [-0.2, 0) is 0 Å². The topological polar surface area (TPSA) is 18.5 Å². The van der Waals surface area contributed by atoms with Crippen molar-refractivity contribution < 1.29 is 0 Å². The highest BCUT2D eigenvalue weighted by Crippen LogP contribution is 2.26. The van der Waals surface area contributed by atoms with Crippen molar-refractivity contribution in [2.24, 2.45) is 0 Å². The van der Waals surface area contributed by atoms with E-state index in [-0.39, 0.29) is 0 Å². The second-order valence-corrected chi connectivity index (χ2v) is 6.47. The van der Waals surface area contributed by atoms with E-state index in [1.165, 1.54) is 56.7 Å². The number of benzene rings is 1. The highest BCUT2D eigenvalue weighted by atomic mass is 15.3. The molecule has 0 bridgehead atoms. The number of hydrogen-bond acceptors (Lipinski definition) is 3. The van der Waals surface area contributed by atoms with Gasteiger partial charge in [0.1, 0.15) is 0 Å². The lowest BCUT2D eigenvalue weighted by molar-refractivity contribution is 0.133. The maximum absolute atomic E-state index is 3.38. The van der Waals surface area contributed by atoms with Gasteiger partial charge in [-0.25, -0.2) is 0 Å².